The first kappa shape index (κ1) is 42.0. The first-order valence-electron chi connectivity index (χ1n) is 18.5. The molecule has 0 aliphatic heterocycles. The average Bonchev–Trinajstić information content (AvgIpc) is 2.99. The van der Waals surface area contributed by atoms with Gasteiger partial charge in [-0.3, -0.25) is 14.2 Å². The Kier molecular flexibility index (Phi) is 27.2. The summed E-state index contributed by atoms with van der Waals surface area (Å²) in [5.74, 6) is 0.150. The number of carbonyl (C=O) groups is 2. The van der Waals surface area contributed by atoms with Crippen molar-refractivity contribution in [2.45, 2.75) is 180 Å². The smallest absolute Gasteiger partial charge is 0.306 e. The summed E-state index contributed by atoms with van der Waals surface area (Å²) in [6.07, 6.45) is 28.7. The van der Waals surface area contributed by atoms with Crippen LogP contribution >= 0.6 is 7.82 Å². The van der Waals surface area contributed by atoms with Crippen molar-refractivity contribution in [3.05, 3.63) is 0 Å². The van der Waals surface area contributed by atoms with E-state index in [1.165, 1.54) is 116 Å². The number of nitrogens with two attached hydrogens (primary N) is 1. The SMILES string of the molecule is CCCCCCCCCCCCCCC(=O)OC[C@@H](COP(=O)([O-])OCCN)OC(=O)CCCCCCCCCCC1CCC1. The van der Waals surface area contributed by atoms with Crippen LogP contribution in [0.3, 0.4) is 0 Å². The van der Waals surface area contributed by atoms with Gasteiger partial charge in [0, 0.05) is 19.4 Å². The average molecular weight is 661 g/mol. The van der Waals surface area contributed by atoms with Crippen LogP contribution in [0.2, 0.25) is 0 Å². The van der Waals surface area contributed by atoms with E-state index in [1.807, 2.05) is 0 Å². The second-order valence-electron chi connectivity index (χ2n) is 13.0. The van der Waals surface area contributed by atoms with Crippen molar-refractivity contribution in [2.75, 3.05) is 26.4 Å². The third kappa shape index (κ3) is 26.7. The van der Waals surface area contributed by atoms with Gasteiger partial charge in [-0.2, -0.15) is 0 Å². The van der Waals surface area contributed by atoms with Crippen molar-refractivity contribution in [3.8, 4) is 0 Å². The van der Waals surface area contributed by atoms with Gasteiger partial charge in [-0.05, 0) is 18.8 Å². The van der Waals surface area contributed by atoms with Gasteiger partial charge in [0.1, 0.15) is 6.61 Å². The van der Waals surface area contributed by atoms with E-state index in [-0.39, 0.29) is 32.6 Å². The molecule has 0 heterocycles. The highest BCUT2D eigenvalue weighted by atomic mass is 31.2. The van der Waals surface area contributed by atoms with Crippen molar-refractivity contribution in [2.24, 2.45) is 11.7 Å². The third-order valence-electron chi connectivity index (χ3n) is 8.72. The molecule has 0 aromatic heterocycles. The van der Waals surface area contributed by atoms with Crippen LogP contribution in [0.5, 0.6) is 0 Å². The van der Waals surface area contributed by atoms with Crippen molar-refractivity contribution >= 4 is 19.8 Å². The number of hydrogen-bond donors (Lipinski definition) is 1. The lowest BCUT2D eigenvalue weighted by Crippen LogP contribution is -2.30. The number of ether oxygens (including phenoxy) is 2. The van der Waals surface area contributed by atoms with E-state index in [0.717, 1.165) is 38.0 Å². The molecular weight excluding hydrogens is 593 g/mol. The molecule has 1 aliphatic rings. The Labute approximate surface area is 275 Å². The Bertz CT molecular complexity index is 764. The molecule has 45 heavy (non-hydrogen) atoms. The largest absolute Gasteiger partial charge is 0.756 e. The zero-order valence-corrected chi connectivity index (χ0v) is 29.6. The molecule has 0 amide bonds. The van der Waals surface area contributed by atoms with Crippen molar-refractivity contribution in [1.82, 2.24) is 0 Å². The fourth-order valence-corrected chi connectivity index (χ4v) is 6.40. The molecule has 0 radical (unpaired) electrons. The molecule has 10 heteroatoms. The van der Waals surface area contributed by atoms with E-state index in [2.05, 4.69) is 11.4 Å². The number of phosphoric ester groups is 1. The van der Waals surface area contributed by atoms with E-state index in [0.29, 0.717) is 6.42 Å². The second-order valence-corrected chi connectivity index (χ2v) is 14.4. The van der Waals surface area contributed by atoms with Gasteiger partial charge in [0.05, 0.1) is 13.2 Å². The summed E-state index contributed by atoms with van der Waals surface area (Å²) in [6, 6.07) is 0. The maximum atomic E-state index is 12.5. The van der Waals surface area contributed by atoms with Gasteiger partial charge in [-0.15, -0.1) is 0 Å². The van der Waals surface area contributed by atoms with Crippen LogP contribution in [0.1, 0.15) is 174 Å². The van der Waals surface area contributed by atoms with Crippen LogP contribution in [-0.4, -0.2) is 44.4 Å². The molecule has 1 saturated carbocycles. The topological polar surface area (TPSA) is 137 Å². The fraction of sp³-hybridized carbons (Fsp3) is 0.943. The van der Waals surface area contributed by atoms with Crippen LogP contribution in [0.15, 0.2) is 0 Å². The highest BCUT2D eigenvalue weighted by Crippen LogP contribution is 2.38. The van der Waals surface area contributed by atoms with E-state index >= 15 is 0 Å². The quantitative estimate of drug-likeness (QED) is 0.0416. The molecule has 0 aromatic rings. The number of rotatable bonds is 33. The van der Waals surface area contributed by atoms with Crippen LogP contribution < -0.4 is 10.6 Å². The van der Waals surface area contributed by atoms with Gasteiger partial charge < -0.3 is 29.1 Å². The van der Waals surface area contributed by atoms with Crippen molar-refractivity contribution < 1.29 is 37.6 Å². The van der Waals surface area contributed by atoms with Crippen LogP contribution in [0.4, 0.5) is 0 Å². The summed E-state index contributed by atoms with van der Waals surface area (Å²) in [7, 11) is -4.61. The van der Waals surface area contributed by atoms with Gasteiger partial charge >= 0.3 is 11.9 Å². The molecule has 0 spiro atoms. The maximum Gasteiger partial charge on any atom is 0.306 e. The minimum Gasteiger partial charge on any atom is -0.756 e. The van der Waals surface area contributed by atoms with E-state index in [9.17, 15) is 19.0 Å². The van der Waals surface area contributed by atoms with Crippen LogP contribution in [0.25, 0.3) is 0 Å². The normalized spacial score (nSPS) is 15.4. The summed E-state index contributed by atoms with van der Waals surface area (Å²) in [6.45, 7) is 1.30. The Morgan fingerprint density at radius 2 is 1.20 bits per heavy atom. The zero-order valence-electron chi connectivity index (χ0n) is 28.7. The Morgan fingerprint density at radius 3 is 1.69 bits per heavy atom. The van der Waals surface area contributed by atoms with E-state index in [1.54, 1.807) is 0 Å². The standard InChI is InChI=1S/C35H68NO8P/c1-2-3-4-5-6-7-8-9-10-14-17-20-26-34(37)41-30-33(31-43-45(39,40)42-29-28-36)44-35(38)27-21-18-15-12-11-13-16-19-23-32-24-22-25-32/h32-33H,2-31,36H2,1H3,(H,39,40)/p-1/t33-/m0/s1. The number of hydrogen-bond acceptors (Lipinski definition) is 9. The summed E-state index contributed by atoms with van der Waals surface area (Å²) < 4.78 is 32.2. The molecule has 2 N–H and O–H groups in total. The van der Waals surface area contributed by atoms with Gasteiger partial charge in [0.2, 0.25) is 0 Å². The van der Waals surface area contributed by atoms with E-state index in [4.69, 9.17) is 19.7 Å². The Morgan fingerprint density at radius 1 is 0.711 bits per heavy atom. The van der Waals surface area contributed by atoms with Crippen LogP contribution in [0, 0.1) is 5.92 Å². The summed E-state index contributed by atoms with van der Waals surface area (Å²) >= 11 is 0. The molecule has 0 bridgehead atoms. The van der Waals surface area contributed by atoms with E-state index < -0.39 is 32.5 Å². The van der Waals surface area contributed by atoms with Crippen molar-refractivity contribution in [3.63, 3.8) is 0 Å². The zero-order chi connectivity index (χ0) is 32.9. The summed E-state index contributed by atoms with van der Waals surface area (Å²) in [4.78, 5) is 36.7. The Hall–Kier alpha value is -0.990. The molecule has 1 rings (SSSR count). The molecular formula is C35H67NO8P-. The molecule has 0 saturated heterocycles. The monoisotopic (exact) mass is 660 g/mol. The Balaban J connectivity index is 2.20. The molecule has 0 aromatic carbocycles. The lowest BCUT2D eigenvalue weighted by molar-refractivity contribution is -0.228. The minimum absolute atomic E-state index is 0.0190. The highest BCUT2D eigenvalue weighted by molar-refractivity contribution is 7.45. The summed E-state index contributed by atoms with van der Waals surface area (Å²) in [5, 5.41) is 0. The molecule has 266 valence electrons. The van der Waals surface area contributed by atoms with Gasteiger partial charge in [0.25, 0.3) is 7.82 Å². The number of unbranched alkanes of at least 4 members (excludes halogenated alkanes) is 18. The number of phosphoric acid groups is 1. The molecule has 9 nitrogen and oxygen atoms in total. The third-order valence-corrected chi connectivity index (χ3v) is 9.68. The lowest BCUT2D eigenvalue weighted by atomic mass is 9.81. The number of esters is 2. The predicted molar refractivity (Wildman–Crippen MR) is 179 cm³/mol. The molecule has 2 atom stereocenters. The fourth-order valence-electron chi connectivity index (χ4n) is 5.65. The second kappa shape index (κ2) is 29.2. The molecule has 1 aliphatic carbocycles. The lowest BCUT2D eigenvalue weighted by Gasteiger charge is -2.25. The van der Waals surface area contributed by atoms with Gasteiger partial charge in [-0.1, -0.05) is 148 Å². The van der Waals surface area contributed by atoms with Crippen molar-refractivity contribution in [1.29, 1.82) is 0 Å². The van der Waals surface area contributed by atoms with Gasteiger partial charge in [0.15, 0.2) is 6.10 Å². The maximum absolute atomic E-state index is 12.5. The predicted octanol–water partition coefficient (Wildman–Crippen LogP) is 8.69. The van der Waals surface area contributed by atoms with Crippen LogP contribution in [-0.2, 0) is 32.7 Å². The number of carbonyl (C=O) groups excluding carboxylic acids is 2. The van der Waals surface area contributed by atoms with Gasteiger partial charge in [-0.25, -0.2) is 0 Å². The highest BCUT2D eigenvalue weighted by Gasteiger charge is 2.21. The summed E-state index contributed by atoms with van der Waals surface area (Å²) in [5.41, 5.74) is 5.30. The first-order chi connectivity index (χ1) is 21.9. The molecule has 1 unspecified atom stereocenters. The first-order valence-corrected chi connectivity index (χ1v) is 20.0. The minimum atomic E-state index is -4.61. The molecule has 1 fully saturated rings.